The minimum absolute atomic E-state index is 0.0696. The number of hydrogen-bond donors (Lipinski definition) is 1. The van der Waals surface area contributed by atoms with E-state index in [0.29, 0.717) is 16.2 Å². The van der Waals surface area contributed by atoms with Gasteiger partial charge < -0.3 is 5.11 Å². The van der Waals surface area contributed by atoms with Crippen molar-refractivity contribution in [3.63, 3.8) is 0 Å². The van der Waals surface area contributed by atoms with E-state index in [0.717, 1.165) is 5.82 Å². The molecule has 0 aliphatic rings. The Morgan fingerprint density at radius 1 is 1.35 bits per heavy atom. The van der Waals surface area contributed by atoms with Crippen LogP contribution in [0.25, 0.3) is 11.2 Å². The quantitative estimate of drug-likeness (QED) is 0.937. The first-order valence-corrected chi connectivity index (χ1v) is 6.97. The third-order valence-corrected chi connectivity index (χ3v) is 3.41. The van der Waals surface area contributed by atoms with Crippen LogP contribution in [0, 0.1) is 5.92 Å². The van der Waals surface area contributed by atoms with Crippen molar-refractivity contribution in [2.24, 2.45) is 5.92 Å². The second kappa shape index (κ2) is 5.40. The molecule has 0 fully saturated rings. The fourth-order valence-electron chi connectivity index (χ4n) is 2.35. The van der Waals surface area contributed by atoms with Crippen LogP contribution in [0.15, 0.2) is 12.3 Å². The van der Waals surface area contributed by atoms with E-state index in [1.54, 1.807) is 10.6 Å². The molecule has 0 amide bonds. The third kappa shape index (κ3) is 2.50. The van der Waals surface area contributed by atoms with E-state index in [-0.39, 0.29) is 11.8 Å². The summed E-state index contributed by atoms with van der Waals surface area (Å²) >= 11 is 5.94. The molecule has 0 spiro atoms. The number of nitrogens with zero attached hydrogens (tertiary/aromatic N) is 3. The third-order valence-electron chi connectivity index (χ3n) is 3.20. The topological polar surface area (TPSA) is 68.0 Å². The average Bonchev–Trinajstić information content (AvgIpc) is 2.67. The molecule has 0 radical (unpaired) electrons. The van der Waals surface area contributed by atoms with Gasteiger partial charge in [-0.15, -0.1) is 0 Å². The van der Waals surface area contributed by atoms with Crippen molar-refractivity contribution in [3.05, 3.63) is 23.1 Å². The zero-order valence-corrected chi connectivity index (χ0v) is 12.7. The fraction of sp³-hybridized carbons (Fsp3) is 0.500. The molecule has 2 rings (SSSR count). The van der Waals surface area contributed by atoms with Crippen LogP contribution in [-0.2, 0) is 4.79 Å². The molecule has 5 nitrogen and oxygen atoms in total. The van der Waals surface area contributed by atoms with Gasteiger partial charge in [0, 0.05) is 12.1 Å². The lowest BCUT2D eigenvalue weighted by molar-refractivity contribution is -0.142. The molecule has 0 aliphatic carbocycles. The Morgan fingerprint density at radius 3 is 2.50 bits per heavy atom. The van der Waals surface area contributed by atoms with E-state index in [2.05, 4.69) is 9.97 Å². The number of carboxylic acids is 1. The number of carboxylic acid groups (broad SMARTS) is 1. The van der Waals surface area contributed by atoms with Crippen molar-refractivity contribution in [1.82, 2.24) is 14.5 Å². The van der Waals surface area contributed by atoms with Crippen molar-refractivity contribution in [2.75, 3.05) is 0 Å². The summed E-state index contributed by atoms with van der Waals surface area (Å²) in [6.07, 6.45) is 1.52. The van der Waals surface area contributed by atoms with Crippen LogP contribution < -0.4 is 0 Å². The van der Waals surface area contributed by atoms with E-state index in [1.165, 1.54) is 6.20 Å². The first-order chi connectivity index (χ1) is 9.32. The summed E-state index contributed by atoms with van der Waals surface area (Å²) in [5, 5.41) is 10.0. The number of imidazole rings is 1. The molecular weight excluding hydrogens is 278 g/mol. The zero-order chi connectivity index (χ0) is 15.0. The summed E-state index contributed by atoms with van der Waals surface area (Å²) in [7, 11) is 0. The summed E-state index contributed by atoms with van der Waals surface area (Å²) in [4.78, 5) is 20.4. The van der Waals surface area contributed by atoms with Crippen LogP contribution in [-0.4, -0.2) is 25.6 Å². The zero-order valence-electron chi connectivity index (χ0n) is 12.0. The van der Waals surface area contributed by atoms with Gasteiger partial charge in [-0.1, -0.05) is 39.3 Å². The van der Waals surface area contributed by atoms with E-state index in [9.17, 15) is 9.90 Å². The van der Waals surface area contributed by atoms with Gasteiger partial charge in [-0.2, -0.15) is 0 Å². The summed E-state index contributed by atoms with van der Waals surface area (Å²) in [6, 6.07) is 1.02. The first kappa shape index (κ1) is 14.8. The van der Waals surface area contributed by atoms with E-state index in [1.807, 2.05) is 27.7 Å². The van der Waals surface area contributed by atoms with Crippen LogP contribution in [0.2, 0.25) is 5.02 Å². The Kier molecular flexibility index (Phi) is 3.99. The Morgan fingerprint density at radius 2 is 2.00 bits per heavy atom. The van der Waals surface area contributed by atoms with Gasteiger partial charge in [0.2, 0.25) is 0 Å². The van der Waals surface area contributed by atoms with Crippen molar-refractivity contribution >= 4 is 28.7 Å². The maximum Gasteiger partial charge on any atom is 0.327 e. The lowest BCUT2D eigenvalue weighted by Crippen LogP contribution is -2.26. The number of rotatable bonds is 4. The molecule has 1 N–H and O–H groups in total. The lowest BCUT2D eigenvalue weighted by atomic mass is 10.0. The Balaban J connectivity index is 2.77. The summed E-state index contributed by atoms with van der Waals surface area (Å²) in [5.74, 6) is -0.128. The highest BCUT2D eigenvalue weighted by molar-refractivity contribution is 6.31. The van der Waals surface area contributed by atoms with Gasteiger partial charge in [-0.25, -0.2) is 14.8 Å². The molecule has 0 bridgehead atoms. The Bertz CT molecular complexity index is 649. The van der Waals surface area contributed by atoms with Crippen LogP contribution >= 0.6 is 11.6 Å². The van der Waals surface area contributed by atoms with E-state index in [4.69, 9.17) is 11.6 Å². The largest absolute Gasteiger partial charge is 0.480 e. The highest BCUT2D eigenvalue weighted by atomic mass is 35.5. The number of aliphatic carboxylic acids is 1. The molecule has 0 aliphatic heterocycles. The SMILES string of the molecule is CC(C)c1nc2cc(Cl)cnc2n1C(C(=O)O)C(C)C. The molecule has 1 atom stereocenters. The maximum absolute atomic E-state index is 11.6. The van der Waals surface area contributed by atoms with Crippen LogP contribution in [0.1, 0.15) is 45.5 Å². The van der Waals surface area contributed by atoms with Gasteiger partial charge in [-0.05, 0) is 12.0 Å². The van der Waals surface area contributed by atoms with Gasteiger partial charge in [0.25, 0.3) is 0 Å². The summed E-state index contributed by atoms with van der Waals surface area (Å²) in [5.41, 5.74) is 1.20. The van der Waals surface area contributed by atoms with Gasteiger partial charge in [-0.3, -0.25) is 4.57 Å². The fourth-order valence-corrected chi connectivity index (χ4v) is 2.50. The Labute approximate surface area is 122 Å². The van der Waals surface area contributed by atoms with Gasteiger partial charge in [0.05, 0.1) is 5.02 Å². The number of aromatic nitrogens is 3. The van der Waals surface area contributed by atoms with E-state index >= 15 is 0 Å². The maximum atomic E-state index is 11.6. The normalized spacial score (nSPS) is 13.3. The molecule has 0 saturated carbocycles. The minimum Gasteiger partial charge on any atom is -0.480 e. The molecule has 0 aromatic carbocycles. The number of carbonyl (C=O) groups is 1. The van der Waals surface area contributed by atoms with Gasteiger partial charge >= 0.3 is 5.97 Å². The molecule has 6 heteroatoms. The van der Waals surface area contributed by atoms with Crippen molar-refractivity contribution in [2.45, 2.75) is 39.7 Å². The molecule has 108 valence electrons. The number of halogens is 1. The lowest BCUT2D eigenvalue weighted by Gasteiger charge is -2.21. The minimum atomic E-state index is -0.877. The Hall–Kier alpha value is -1.62. The van der Waals surface area contributed by atoms with E-state index < -0.39 is 12.0 Å². The highest BCUT2D eigenvalue weighted by Gasteiger charge is 2.29. The first-order valence-electron chi connectivity index (χ1n) is 6.59. The predicted molar refractivity (Wildman–Crippen MR) is 78.1 cm³/mol. The van der Waals surface area contributed by atoms with Gasteiger partial charge in [0.15, 0.2) is 5.65 Å². The summed E-state index contributed by atoms with van der Waals surface area (Å²) in [6.45, 7) is 7.73. The molecule has 1 unspecified atom stereocenters. The van der Waals surface area contributed by atoms with Crippen molar-refractivity contribution in [3.8, 4) is 0 Å². The second-order valence-corrected chi connectivity index (χ2v) is 5.95. The molecule has 2 aromatic heterocycles. The molecule has 20 heavy (non-hydrogen) atoms. The number of pyridine rings is 1. The second-order valence-electron chi connectivity index (χ2n) is 5.52. The standard InChI is InChI=1S/C14H18ClN3O2/c1-7(2)11(14(19)20)18-12(8(3)4)17-10-5-9(15)6-16-13(10)18/h5-8,11H,1-4H3,(H,19,20). The van der Waals surface area contributed by atoms with Gasteiger partial charge in [0.1, 0.15) is 17.4 Å². The van der Waals surface area contributed by atoms with Crippen LogP contribution in [0.4, 0.5) is 0 Å². The monoisotopic (exact) mass is 295 g/mol. The molecule has 2 heterocycles. The average molecular weight is 296 g/mol. The van der Waals surface area contributed by atoms with Crippen LogP contribution in [0.5, 0.6) is 0 Å². The molecule has 0 saturated heterocycles. The van der Waals surface area contributed by atoms with Crippen molar-refractivity contribution in [1.29, 1.82) is 0 Å². The van der Waals surface area contributed by atoms with Crippen molar-refractivity contribution < 1.29 is 9.90 Å². The summed E-state index contributed by atoms with van der Waals surface area (Å²) < 4.78 is 1.73. The van der Waals surface area contributed by atoms with Crippen LogP contribution in [0.3, 0.4) is 0 Å². The number of fused-ring (bicyclic) bond motifs is 1. The highest BCUT2D eigenvalue weighted by Crippen LogP contribution is 2.29. The molecular formula is C14H18ClN3O2. The predicted octanol–water partition coefficient (Wildman–Crippen LogP) is 3.49. The molecule has 2 aromatic rings. The smallest absolute Gasteiger partial charge is 0.327 e. The number of hydrogen-bond acceptors (Lipinski definition) is 3.